The van der Waals surface area contributed by atoms with E-state index >= 15 is 0 Å². The first-order valence-corrected chi connectivity index (χ1v) is 10.7. The van der Waals surface area contributed by atoms with Crippen LogP contribution in [-0.2, 0) is 16.2 Å². The van der Waals surface area contributed by atoms with Gasteiger partial charge in [0.15, 0.2) is 17.7 Å². The van der Waals surface area contributed by atoms with Crippen LogP contribution in [0.15, 0.2) is 59.8 Å². The number of ether oxygens (including phenoxy) is 1. The van der Waals surface area contributed by atoms with Crippen molar-refractivity contribution in [2.24, 2.45) is 0 Å². The number of pyridine rings is 1. The van der Waals surface area contributed by atoms with Crippen LogP contribution in [0.1, 0.15) is 5.56 Å². The van der Waals surface area contributed by atoms with Gasteiger partial charge in [-0.15, -0.1) is 0 Å². The van der Waals surface area contributed by atoms with Gasteiger partial charge in [-0.1, -0.05) is 34.8 Å². The molecule has 0 amide bonds. The molecule has 164 valence electrons. The van der Waals surface area contributed by atoms with Crippen LogP contribution in [0.4, 0.5) is 18.9 Å². The molecule has 0 aliphatic carbocycles. The minimum absolute atomic E-state index is 0.00510. The van der Waals surface area contributed by atoms with E-state index in [1.54, 1.807) is 0 Å². The zero-order chi connectivity index (χ0) is 23.0. The average Bonchev–Trinajstić information content (AvgIpc) is 2.60. The summed E-state index contributed by atoms with van der Waals surface area (Å²) >= 11 is 17.4. The van der Waals surface area contributed by atoms with Gasteiger partial charge in [0.25, 0.3) is 10.0 Å². The summed E-state index contributed by atoms with van der Waals surface area (Å²) in [5, 5.41) is 11.4. The number of benzene rings is 2. The van der Waals surface area contributed by atoms with Gasteiger partial charge < -0.3 is 9.94 Å². The number of alkyl halides is 3. The van der Waals surface area contributed by atoms with Crippen molar-refractivity contribution in [3.63, 3.8) is 0 Å². The van der Waals surface area contributed by atoms with E-state index in [0.717, 1.165) is 24.5 Å². The van der Waals surface area contributed by atoms with Crippen LogP contribution in [-0.4, -0.2) is 8.42 Å². The summed E-state index contributed by atoms with van der Waals surface area (Å²) < 4.78 is 72.8. The molecule has 0 saturated carbocycles. The molecule has 1 N–H and O–H groups in total. The van der Waals surface area contributed by atoms with Crippen molar-refractivity contribution in [1.82, 2.24) is 0 Å². The molecule has 2 aromatic carbocycles. The van der Waals surface area contributed by atoms with Crippen LogP contribution in [0.5, 0.6) is 11.5 Å². The topological polar surface area (TPSA) is 82.3 Å². The smallest absolute Gasteiger partial charge is 0.416 e. The molecule has 1 aromatic heterocycles. The Balaban J connectivity index is 2.07. The number of hydrogen-bond acceptors (Lipinski definition) is 4. The molecule has 13 heteroatoms. The maximum absolute atomic E-state index is 13.2. The standard InChI is InChI=1S/C18H10Cl3F3N2O4S/c19-11-2-4-17(14(21)7-11)31(28,29)25-15-5-10(18(22,23)24)1-3-16(15)30-13-6-12(20)8-26(27)9-13/h1-9,25H. The minimum Gasteiger partial charge on any atom is -0.619 e. The second-order valence-electron chi connectivity index (χ2n) is 6.04. The van der Waals surface area contributed by atoms with Gasteiger partial charge in [0, 0.05) is 11.1 Å². The molecule has 3 aromatic rings. The molecule has 31 heavy (non-hydrogen) atoms. The average molecular weight is 514 g/mol. The number of hydrogen-bond donors (Lipinski definition) is 1. The van der Waals surface area contributed by atoms with E-state index < -0.39 is 32.3 Å². The SMILES string of the molecule is O=S(=O)(Nc1cc(C(F)(F)F)ccc1Oc1cc(Cl)c[n+]([O-])c1)c1ccc(Cl)cc1Cl. The zero-order valence-corrected chi connectivity index (χ0v) is 18.0. The predicted octanol–water partition coefficient (Wildman–Crippen LogP) is 5.89. The van der Waals surface area contributed by atoms with Gasteiger partial charge in [-0.2, -0.15) is 17.9 Å². The molecule has 0 unspecified atom stereocenters. The summed E-state index contributed by atoms with van der Waals surface area (Å²) in [6.07, 6.45) is -2.78. The summed E-state index contributed by atoms with van der Waals surface area (Å²) in [4.78, 5) is -0.415. The third kappa shape index (κ3) is 5.65. The number of sulfonamides is 1. The lowest BCUT2D eigenvalue weighted by atomic mass is 10.2. The second kappa shape index (κ2) is 8.62. The van der Waals surface area contributed by atoms with E-state index in [-0.39, 0.29) is 26.6 Å². The molecule has 0 spiro atoms. The van der Waals surface area contributed by atoms with Crippen molar-refractivity contribution in [3.05, 3.63) is 80.7 Å². The molecule has 0 radical (unpaired) electrons. The monoisotopic (exact) mass is 512 g/mol. The van der Waals surface area contributed by atoms with Crippen LogP contribution in [0.2, 0.25) is 15.1 Å². The fourth-order valence-corrected chi connectivity index (χ4v) is 4.48. The maximum atomic E-state index is 13.2. The van der Waals surface area contributed by atoms with Crippen LogP contribution in [0.25, 0.3) is 0 Å². The van der Waals surface area contributed by atoms with Gasteiger partial charge in [-0.05, 0) is 36.4 Å². The van der Waals surface area contributed by atoms with Crippen LogP contribution < -0.4 is 14.2 Å². The Morgan fingerprint density at radius 2 is 1.68 bits per heavy atom. The highest BCUT2D eigenvalue weighted by Gasteiger charge is 2.32. The molecule has 0 saturated heterocycles. The van der Waals surface area contributed by atoms with E-state index in [1.165, 1.54) is 18.2 Å². The van der Waals surface area contributed by atoms with Crippen molar-refractivity contribution in [2.75, 3.05) is 4.72 Å². The highest BCUT2D eigenvalue weighted by atomic mass is 35.5. The van der Waals surface area contributed by atoms with Crippen LogP contribution in [0, 0.1) is 5.21 Å². The van der Waals surface area contributed by atoms with Gasteiger partial charge in [-0.3, -0.25) is 4.72 Å². The molecule has 6 nitrogen and oxygen atoms in total. The normalized spacial score (nSPS) is 11.9. The number of aromatic nitrogens is 1. The summed E-state index contributed by atoms with van der Waals surface area (Å²) in [5.74, 6) is -0.448. The van der Waals surface area contributed by atoms with Crippen molar-refractivity contribution in [1.29, 1.82) is 0 Å². The third-order valence-corrected chi connectivity index (χ3v) is 6.04. The summed E-state index contributed by atoms with van der Waals surface area (Å²) in [6.45, 7) is 0. The highest BCUT2D eigenvalue weighted by Crippen LogP contribution is 2.38. The Bertz CT molecular complexity index is 1230. The Morgan fingerprint density at radius 1 is 0.968 bits per heavy atom. The quantitative estimate of drug-likeness (QED) is 0.341. The minimum atomic E-state index is -4.76. The predicted molar refractivity (Wildman–Crippen MR) is 109 cm³/mol. The molecule has 1 heterocycles. The lowest BCUT2D eigenvalue weighted by molar-refractivity contribution is -0.605. The molecular weight excluding hydrogens is 504 g/mol. The molecule has 3 rings (SSSR count). The molecule has 0 aliphatic rings. The number of rotatable bonds is 5. The van der Waals surface area contributed by atoms with Crippen molar-refractivity contribution >= 4 is 50.5 Å². The maximum Gasteiger partial charge on any atom is 0.416 e. The first kappa shape index (κ1) is 23.3. The summed E-state index contributed by atoms with van der Waals surface area (Å²) in [5.41, 5.74) is -1.68. The van der Waals surface area contributed by atoms with Gasteiger partial charge in [0.1, 0.15) is 9.92 Å². The van der Waals surface area contributed by atoms with E-state index in [9.17, 15) is 26.8 Å². The largest absolute Gasteiger partial charge is 0.619 e. The second-order valence-corrected chi connectivity index (χ2v) is 8.97. The van der Waals surface area contributed by atoms with Gasteiger partial charge in [-0.25, -0.2) is 8.42 Å². The van der Waals surface area contributed by atoms with Crippen molar-refractivity contribution in [2.45, 2.75) is 11.1 Å². The first-order chi connectivity index (χ1) is 14.3. The van der Waals surface area contributed by atoms with Crippen LogP contribution >= 0.6 is 34.8 Å². The van der Waals surface area contributed by atoms with Crippen molar-refractivity contribution in [3.8, 4) is 11.5 Å². The summed E-state index contributed by atoms with van der Waals surface area (Å²) in [7, 11) is -4.44. The Labute approximate surface area is 189 Å². The molecule has 0 bridgehead atoms. The molecule has 0 aliphatic heterocycles. The molecular formula is C18H10Cl3F3N2O4S. The number of anilines is 1. The highest BCUT2D eigenvalue weighted by molar-refractivity contribution is 7.92. The van der Waals surface area contributed by atoms with Gasteiger partial charge in [0.05, 0.1) is 16.3 Å². The number of nitrogens with one attached hydrogen (secondary N) is 1. The fourth-order valence-electron chi connectivity index (χ4n) is 2.45. The van der Waals surface area contributed by atoms with Gasteiger partial charge >= 0.3 is 6.18 Å². The zero-order valence-electron chi connectivity index (χ0n) is 15.0. The first-order valence-electron chi connectivity index (χ1n) is 8.11. The van der Waals surface area contributed by atoms with Crippen LogP contribution in [0.3, 0.4) is 0 Å². The Kier molecular flexibility index (Phi) is 6.47. The van der Waals surface area contributed by atoms with E-state index in [2.05, 4.69) is 0 Å². The fraction of sp³-hybridized carbons (Fsp3) is 0.0556. The lowest BCUT2D eigenvalue weighted by Crippen LogP contribution is -2.24. The Morgan fingerprint density at radius 3 is 2.29 bits per heavy atom. The van der Waals surface area contributed by atoms with E-state index in [4.69, 9.17) is 39.5 Å². The number of halogens is 6. The number of nitrogens with zero attached hydrogens (tertiary/aromatic N) is 1. The lowest BCUT2D eigenvalue weighted by Gasteiger charge is -2.16. The van der Waals surface area contributed by atoms with Crippen molar-refractivity contribution < 1.29 is 31.1 Å². The van der Waals surface area contributed by atoms with E-state index in [1.807, 2.05) is 4.72 Å². The Hall–Kier alpha value is -2.40. The third-order valence-electron chi connectivity index (χ3n) is 3.75. The van der Waals surface area contributed by atoms with Gasteiger partial charge in [0.2, 0.25) is 6.20 Å². The molecule has 0 atom stereocenters. The summed E-state index contributed by atoms with van der Waals surface area (Å²) in [6, 6.07) is 6.88. The molecule has 0 fully saturated rings. The van der Waals surface area contributed by atoms with E-state index in [0.29, 0.717) is 16.9 Å².